The minimum absolute atomic E-state index is 0.168. The molecule has 0 saturated heterocycles. The van der Waals surface area contributed by atoms with Gasteiger partial charge in [-0.3, -0.25) is 4.79 Å². The van der Waals surface area contributed by atoms with Crippen molar-refractivity contribution in [1.82, 2.24) is 5.32 Å². The predicted molar refractivity (Wildman–Crippen MR) is 87.7 cm³/mol. The number of aliphatic carboxylic acids is 1. The van der Waals surface area contributed by atoms with Crippen molar-refractivity contribution in [2.75, 3.05) is 0 Å². The molecule has 0 aliphatic heterocycles. The van der Waals surface area contributed by atoms with Gasteiger partial charge in [0.2, 0.25) is 5.91 Å². The molecule has 122 valence electrons. The number of benzene rings is 1. The number of carboxylic acids is 1. The van der Waals surface area contributed by atoms with Crippen LogP contribution in [0.4, 0.5) is 0 Å². The third-order valence-electron chi connectivity index (χ3n) is 3.67. The molecule has 2 N–H and O–H groups in total. The third-order valence-corrected chi connectivity index (χ3v) is 3.67. The van der Waals surface area contributed by atoms with E-state index < -0.39 is 12.0 Å². The molecule has 0 radical (unpaired) electrons. The molecule has 1 atom stereocenters. The molecule has 0 unspecified atom stereocenters. The molecule has 0 spiro atoms. The second-order valence-corrected chi connectivity index (χ2v) is 5.67. The maximum absolute atomic E-state index is 11.9. The molecule has 0 heterocycles. The molecule has 22 heavy (non-hydrogen) atoms. The zero-order valence-electron chi connectivity index (χ0n) is 13.4. The average molecular weight is 305 g/mol. The number of unbranched alkanes of at least 4 members (excludes halogenated alkanes) is 5. The minimum atomic E-state index is -0.986. The highest BCUT2D eigenvalue weighted by atomic mass is 16.4. The lowest BCUT2D eigenvalue weighted by atomic mass is 10.1. The number of amides is 1. The van der Waals surface area contributed by atoms with Gasteiger partial charge in [-0.05, 0) is 12.0 Å². The number of carboxylic acid groups (broad SMARTS) is 1. The Hall–Kier alpha value is -1.84. The van der Waals surface area contributed by atoms with E-state index in [0.29, 0.717) is 12.8 Å². The zero-order chi connectivity index (χ0) is 16.2. The van der Waals surface area contributed by atoms with E-state index in [-0.39, 0.29) is 5.91 Å². The monoisotopic (exact) mass is 305 g/mol. The molecule has 0 aliphatic rings. The fourth-order valence-electron chi connectivity index (χ4n) is 2.38. The Morgan fingerprint density at radius 2 is 1.68 bits per heavy atom. The number of hydrogen-bond acceptors (Lipinski definition) is 2. The van der Waals surface area contributed by atoms with Gasteiger partial charge in [0.05, 0.1) is 0 Å². The Kier molecular flexibility index (Phi) is 8.96. The molecule has 1 rings (SSSR count). The molecule has 0 bridgehead atoms. The van der Waals surface area contributed by atoms with Crippen molar-refractivity contribution < 1.29 is 14.7 Å². The molecule has 0 aliphatic carbocycles. The molecular formula is C18H27NO3. The second-order valence-electron chi connectivity index (χ2n) is 5.67. The molecule has 1 amide bonds. The standard InChI is InChI=1S/C18H27NO3/c1-2-3-4-5-6-10-13-17(20)19-16(18(21)22)14-15-11-8-7-9-12-15/h7-9,11-12,16H,2-6,10,13-14H2,1H3,(H,19,20)(H,21,22)/t16-/m0/s1. The van der Waals surface area contributed by atoms with Gasteiger partial charge in [-0.25, -0.2) is 4.79 Å². The van der Waals surface area contributed by atoms with Crippen LogP contribution in [0, 0.1) is 0 Å². The quantitative estimate of drug-likeness (QED) is 0.614. The number of hydrogen-bond donors (Lipinski definition) is 2. The summed E-state index contributed by atoms with van der Waals surface area (Å²) in [5.74, 6) is -1.15. The molecule has 4 heteroatoms. The summed E-state index contributed by atoms with van der Waals surface area (Å²) in [6.07, 6.45) is 7.39. The first-order valence-corrected chi connectivity index (χ1v) is 8.19. The first-order valence-electron chi connectivity index (χ1n) is 8.19. The average Bonchev–Trinajstić information content (AvgIpc) is 2.51. The van der Waals surface area contributed by atoms with Gasteiger partial charge in [-0.2, -0.15) is 0 Å². The van der Waals surface area contributed by atoms with Crippen LogP contribution in [0.5, 0.6) is 0 Å². The van der Waals surface area contributed by atoms with Crippen molar-refractivity contribution in [3.8, 4) is 0 Å². The van der Waals surface area contributed by atoms with Crippen LogP contribution in [0.15, 0.2) is 30.3 Å². The van der Waals surface area contributed by atoms with Crippen molar-refractivity contribution in [1.29, 1.82) is 0 Å². The smallest absolute Gasteiger partial charge is 0.326 e. The summed E-state index contributed by atoms with van der Waals surface area (Å²) in [6, 6.07) is 8.51. The second kappa shape index (κ2) is 10.8. The number of rotatable bonds is 11. The molecular weight excluding hydrogens is 278 g/mol. The van der Waals surface area contributed by atoms with Gasteiger partial charge in [-0.1, -0.05) is 69.4 Å². The third kappa shape index (κ3) is 7.81. The zero-order valence-corrected chi connectivity index (χ0v) is 13.4. The van der Waals surface area contributed by atoms with Gasteiger partial charge >= 0.3 is 5.97 Å². The van der Waals surface area contributed by atoms with Crippen LogP contribution in [0.3, 0.4) is 0 Å². The largest absolute Gasteiger partial charge is 0.480 e. The summed E-state index contributed by atoms with van der Waals surface area (Å²) in [6.45, 7) is 2.17. The van der Waals surface area contributed by atoms with Crippen LogP contribution in [0.2, 0.25) is 0 Å². The fourth-order valence-corrected chi connectivity index (χ4v) is 2.38. The Balaban J connectivity index is 2.30. The van der Waals surface area contributed by atoms with Crippen LogP contribution < -0.4 is 5.32 Å². The summed E-state index contributed by atoms with van der Waals surface area (Å²) >= 11 is 0. The number of carbonyl (C=O) groups is 2. The van der Waals surface area contributed by atoms with Crippen molar-refractivity contribution in [2.24, 2.45) is 0 Å². The van der Waals surface area contributed by atoms with Crippen LogP contribution in [0.25, 0.3) is 0 Å². The van der Waals surface area contributed by atoms with Gasteiger partial charge in [0.1, 0.15) is 6.04 Å². The fraction of sp³-hybridized carbons (Fsp3) is 0.556. The van der Waals surface area contributed by atoms with E-state index in [1.807, 2.05) is 30.3 Å². The lowest BCUT2D eigenvalue weighted by Crippen LogP contribution is -2.42. The van der Waals surface area contributed by atoms with E-state index in [1.54, 1.807) is 0 Å². The normalized spacial score (nSPS) is 11.9. The SMILES string of the molecule is CCCCCCCCC(=O)N[C@@H](Cc1ccccc1)C(=O)O. The summed E-state index contributed by atoms with van der Waals surface area (Å²) in [5, 5.41) is 11.9. The molecule has 0 fully saturated rings. The highest BCUT2D eigenvalue weighted by molar-refractivity contribution is 5.83. The van der Waals surface area contributed by atoms with Crippen LogP contribution >= 0.6 is 0 Å². The van der Waals surface area contributed by atoms with Crippen molar-refractivity contribution in [3.63, 3.8) is 0 Å². The number of nitrogens with one attached hydrogen (secondary N) is 1. The van der Waals surface area contributed by atoms with E-state index in [1.165, 1.54) is 19.3 Å². The molecule has 4 nitrogen and oxygen atoms in total. The van der Waals surface area contributed by atoms with Crippen molar-refractivity contribution in [2.45, 2.75) is 64.3 Å². The molecule has 1 aromatic rings. The van der Waals surface area contributed by atoms with Gasteiger partial charge in [0.25, 0.3) is 0 Å². The lowest BCUT2D eigenvalue weighted by molar-refractivity contribution is -0.141. The Morgan fingerprint density at radius 3 is 2.32 bits per heavy atom. The number of carbonyl (C=O) groups excluding carboxylic acids is 1. The maximum atomic E-state index is 11.9. The van der Waals surface area contributed by atoms with Crippen LogP contribution in [0.1, 0.15) is 57.4 Å². The highest BCUT2D eigenvalue weighted by Gasteiger charge is 2.19. The molecule has 1 aromatic carbocycles. The lowest BCUT2D eigenvalue weighted by Gasteiger charge is -2.14. The predicted octanol–water partition coefficient (Wildman–Crippen LogP) is 3.55. The van der Waals surface area contributed by atoms with E-state index in [9.17, 15) is 14.7 Å². The van der Waals surface area contributed by atoms with Crippen molar-refractivity contribution in [3.05, 3.63) is 35.9 Å². The summed E-state index contributed by atoms with van der Waals surface area (Å²) in [5.41, 5.74) is 0.912. The Bertz CT molecular complexity index is 445. The van der Waals surface area contributed by atoms with Crippen molar-refractivity contribution >= 4 is 11.9 Å². The van der Waals surface area contributed by atoms with Gasteiger partial charge in [0, 0.05) is 12.8 Å². The minimum Gasteiger partial charge on any atom is -0.480 e. The van der Waals surface area contributed by atoms with Gasteiger partial charge < -0.3 is 10.4 Å². The summed E-state index contributed by atoms with van der Waals surface area (Å²) in [7, 11) is 0. The van der Waals surface area contributed by atoms with E-state index >= 15 is 0 Å². The Labute approximate surface area is 132 Å². The van der Waals surface area contributed by atoms with Gasteiger partial charge in [-0.15, -0.1) is 0 Å². The van der Waals surface area contributed by atoms with Crippen LogP contribution in [-0.2, 0) is 16.0 Å². The van der Waals surface area contributed by atoms with E-state index in [4.69, 9.17) is 0 Å². The highest BCUT2D eigenvalue weighted by Crippen LogP contribution is 2.08. The maximum Gasteiger partial charge on any atom is 0.326 e. The topological polar surface area (TPSA) is 66.4 Å². The van der Waals surface area contributed by atoms with Crippen LogP contribution in [-0.4, -0.2) is 23.0 Å². The van der Waals surface area contributed by atoms with E-state index in [2.05, 4.69) is 12.2 Å². The molecule has 0 aromatic heterocycles. The van der Waals surface area contributed by atoms with Gasteiger partial charge in [0.15, 0.2) is 0 Å². The first-order chi connectivity index (χ1) is 10.6. The summed E-state index contributed by atoms with van der Waals surface area (Å²) < 4.78 is 0. The Morgan fingerprint density at radius 1 is 1.05 bits per heavy atom. The molecule has 0 saturated carbocycles. The van der Waals surface area contributed by atoms with E-state index in [0.717, 1.165) is 24.8 Å². The first kappa shape index (κ1) is 18.2. The summed E-state index contributed by atoms with van der Waals surface area (Å²) in [4.78, 5) is 23.1.